The zero-order chi connectivity index (χ0) is 16.1. The molecule has 4 heteroatoms. The molecule has 1 aliphatic rings. The van der Waals surface area contributed by atoms with Gasteiger partial charge in [-0.25, -0.2) is 0 Å². The Labute approximate surface area is 132 Å². The van der Waals surface area contributed by atoms with Gasteiger partial charge in [0, 0.05) is 25.9 Å². The minimum Gasteiger partial charge on any atom is -0.354 e. The molecule has 0 aliphatic carbocycles. The van der Waals surface area contributed by atoms with E-state index in [4.69, 9.17) is 0 Å². The summed E-state index contributed by atoms with van der Waals surface area (Å²) in [5.41, 5.74) is 1.24. The summed E-state index contributed by atoms with van der Waals surface area (Å²) in [6.45, 7) is 7.18. The van der Waals surface area contributed by atoms with Crippen molar-refractivity contribution < 1.29 is 9.59 Å². The van der Waals surface area contributed by atoms with Crippen LogP contribution in [0.1, 0.15) is 45.1 Å². The van der Waals surface area contributed by atoms with Crippen LogP contribution < -0.4 is 5.32 Å². The van der Waals surface area contributed by atoms with Gasteiger partial charge in [0.2, 0.25) is 11.8 Å². The molecule has 0 spiro atoms. The average molecular weight is 302 g/mol. The molecule has 1 aliphatic heterocycles. The maximum atomic E-state index is 12.4. The Morgan fingerprint density at radius 2 is 1.95 bits per heavy atom. The lowest BCUT2D eigenvalue weighted by molar-refractivity contribution is -0.136. The normalized spacial score (nSPS) is 19.3. The van der Waals surface area contributed by atoms with Crippen molar-refractivity contribution in [3.05, 3.63) is 35.9 Å². The van der Waals surface area contributed by atoms with E-state index in [2.05, 4.69) is 31.3 Å². The Kier molecular flexibility index (Phi) is 5.58. The summed E-state index contributed by atoms with van der Waals surface area (Å²) in [6, 6.07) is 9.98. The summed E-state index contributed by atoms with van der Waals surface area (Å²) in [5, 5.41) is 3.06. The largest absolute Gasteiger partial charge is 0.354 e. The van der Waals surface area contributed by atoms with Crippen LogP contribution in [0, 0.1) is 5.92 Å². The SMILES string of the molecule is CC(=O)N1CCC[C@@H]1C(=O)NC[C@@H](c1ccccc1)C(C)C. The second kappa shape index (κ2) is 7.43. The number of nitrogens with zero attached hydrogens (tertiary/aromatic N) is 1. The molecule has 1 N–H and O–H groups in total. The van der Waals surface area contributed by atoms with E-state index in [1.165, 1.54) is 12.5 Å². The molecule has 0 unspecified atom stereocenters. The van der Waals surface area contributed by atoms with Crippen LogP contribution in [-0.4, -0.2) is 35.8 Å². The molecule has 1 aromatic carbocycles. The number of hydrogen-bond donors (Lipinski definition) is 1. The number of amides is 2. The minimum atomic E-state index is -0.291. The van der Waals surface area contributed by atoms with Crippen molar-refractivity contribution >= 4 is 11.8 Å². The third-order valence-corrected chi connectivity index (χ3v) is 4.49. The van der Waals surface area contributed by atoms with Crippen LogP contribution in [-0.2, 0) is 9.59 Å². The Hall–Kier alpha value is -1.84. The molecule has 1 saturated heterocycles. The standard InChI is InChI=1S/C18H26N2O2/c1-13(2)16(15-8-5-4-6-9-15)12-19-18(22)17-10-7-11-20(17)14(3)21/h4-6,8-9,13,16-17H,7,10-12H2,1-3H3,(H,19,22)/t16-,17-/m1/s1. The molecule has 0 radical (unpaired) electrons. The number of rotatable bonds is 5. The number of likely N-dealkylation sites (tertiary alicyclic amines) is 1. The first-order valence-corrected chi connectivity index (χ1v) is 8.10. The Balaban J connectivity index is 1.98. The first-order chi connectivity index (χ1) is 10.5. The number of benzene rings is 1. The molecule has 22 heavy (non-hydrogen) atoms. The molecule has 0 saturated carbocycles. The zero-order valence-electron chi connectivity index (χ0n) is 13.7. The van der Waals surface area contributed by atoms with Gasteiger partial charge in [0.1, 0.15) is 6.04 Å². The molecule has 4 nitrogen and oxygen atoms in total. The summed E-state index contributed by atoms with van der Waals surface area (Å²) in [7, 11) is 0. The Morgan fingerprint density at radius 3 is 2.55 bits per heavy atom. The molecule has 0 bridgehead atoms. The fourth-order valence-electron chi connectivity index (χ4n) is 3.18. The van der Waals surface area contributed by atoms with Crippen molar-refractivity contribution in [1.29, 1.82) is 0 Å². The summed E-state index contributed by atoms with van der Waals surface area (Å²) < 4.78 is 0. The van der Waals surface area contributed by atoms with Crippen LogP contribution in [0.3, 0.4) is 0 Å². The molecule has 1 aromatic rings. The second-order valence-corrected chi connectivity index (χ2v) is 6.38. The second-order valence-electron chi connectivity index (χ2n) is 6.38. The van der Waals surface area contributed by atoms with E-state index in [1.807, 2.05) is 18.2 Å². The van der Waals surface area contributed by atoms with E-state index in [0.29, 0.717) is 19.0 Å². The molecule has 1 fully saturated rings. The Morgan fingerprint density at radius 1 is 1.27 bits per heavy atom. The molecule has 120 valence electrons. The van der Waals surface area contributed by atoms with Gasteiger partial charge >= 0.3 is 0 Å². The van der Waals surface area contributed by atoms with Gasteiger partial charge < -0.3 is 10.2 Å². The van der Waals surface area contributed by atoms with Gasteiger partial charge in [-0.15, -0.1) is 0 Å². The zero-order valence-corrected chi connectivity index (χ0v) is 13.7. The van der Waals surface area contributed by atoms with Gasteiger partial charge in [0.25, 0.3) is 0 Å². The number of hydrogen-bond acceptors (Lipinski definition) is 2. The van der Waals surface area contributed by atoms with Gasteiger partial charge in [0.15, 0.2) is 0 Å². The summed E-state index contributed by atoms with van der Waals surface area (Å²) in [6.07, 6.45) is 1.67. The number of nitrogens with one attached hydrogen (secondary N) is 1. The third-order valence-electron chi connectivity index (χ3n) is 4.49. The summed E-state index contributed by atoms with van der Waals surface area (Å²) >= 11 is 0. The Bertz CT molecular complexity index is 513. The third kappa shape index (κ3) is 3.87. The van der Waals surface area contributed by atoms with E-state index < -0.39 is 0 Å². The molecule has 2 atom stereocenters. The van der Waals surface area contributed by atoms with Crippen LogP contribution in [0.2, 0.25) is 0 Å². The minimum absolute atomic E-state index is 0.0129. The van der Waals surface area contributed by atoms with Crippen LogP contribution >= 0.6 is 0 Å². The highest BCUT2D eigenvalue weighted by molar-refractivity contribution is 5.87. The lowest BCUT2D eigenvalue weighted by atomic mass is 9.88. The predicted octanol–water partition coefficient (Wildman–Crippen LogP) is 2.55. The molecule has 1 heterocycles. The fraction of sp³-hybridized carbons (Fsp3) is 0.556. The highest BCUT2D eigenvalue weighted by atomic mass is 16.2. The van der Waals surface area contributed by atoms with Gasteiger partial charge in [-0.1, -0.05) is 44.2 Å². The maximum absolute atomic E-state index is 12.4. The van der Waals surface area contributed by atoms with E-state index in [-0.39, 0.29) is 23.8 Å². The van der Waals surface area contributed by atoms with E-state index >= 15 is 0 Å². The number of carbonyl (C=O) groups excluding carboxylic acids is 2. The lowest BCUT2D eigenvalue weighted by Crippen LogP contribution is -2.46. The van der Waals surface area contributed by atoms with Gasteiger partial charge in [-0.05, 0) is 24.3 Å². The van der Waals surface area contributed by atoms with Gasteiger partial charge in [-0.2, -0.15) is 0 Å². The van der Waals surface area contributed by atoms with E-state index in [1.54, 1.807) is 4.90 Å². The first kappa shape index (κ1) is 16.5. The van der Waals surface area contributed by atoms with Crippen molar-refractivity contribution in [1.82, 2.24) is 10.2 Å². The van der Waals surface area contributed by atoms with Gasteiger partial charge in [-0.3, -0.25) is 9.59 Å². The van der Waals surface area contributed by atoms with Gasteiger partial charge in [0.05, 0.1) is 0 Å². The molecule has 2 rings (SSSR count). The van der Waals surface area contributed by atoms with Crippen molar-refractivity contribution in [3.63, 3.8) is 0 Å². The van der Waals surface area contributed by atoms with E-state index in [0.717, 1.165) is 12.8 Å². The molecular weight excluding hydrogens is 276 g/mol. The first-order valence-electron chi connectivity index (χ1n) is 8.10. The van der Waals surface area contributed by atoms with Crippen molar-refractivity contribution in [2.45, 2.75) is 45.6 Å². The average Bonchev–Trinajstić information content (AvgIpc) is 2.97. The van der Waals surface area contributed by atoms with Crippen LogP contribution in [0.5, 0.6) is 0 Å². The highest BCUT2D eigenvalue weighted by Crippen LogP contribution is 2.24. The topological polar surface area (TPSA) is 49.4 Å². The smallest absolute Gasteiger partial charge is 0.242 e. The molecular formula is C18H26N2O2. The maximum Gasteiger partial charge on any atom is 0.242 e. The highest BCUT2D eigenvalue weighted by Gasteiger charge is 2.32. The number of carbonyl (C=O) groups is 2. The van der Waals surface area contributed by atoms with Crippen molar-refractivity contribution in [2.24, 2.45) is 5.92 Å². The predicted molar refractivity (Wildman–Crippen MR) is 87.4 cm³/mol. The fourth-order valence-corrected chi connectivity index (χ4v) is 3.18. The van der Waals surface area contributed by atoms with Crippen LogP contribution in [0.25, 0.3) is 0 Å². The van der Waals surface area contributed by atoms with Crippen molar-refractivity contribution in [3.8, 4) is 0 Å². The quantitative estimate of drug-likeness (QED) is 0.908. The van der Waals surface area contributed by atoms with E-state index in [9.17, 15) is 9.59 Å². The monoisotopic (exact) mass is 302 g/mol. The van der Waals surface area contributed by atoms with Crippen LogP contribution in [0.15, 0.2) is 30.3 Å². The van der Waals surface area contributed by atoms with Crippen LogP contribution in [0.4, 0.5) is 0 Å². The lowest BCUT2D eigenvalue weighted by Gasteiger charge is -2.26. The summed E-state index contributed by atoms with van der Waals surface area (Å²) in [5.74, 6) is 0.697. The molecule has 0 aromatic heterocycles. The summed E-state index contributed by atoms with van der Waals surface area (Å²) in [4.78, 5) is 25.7. The molecule has 2 amide bonds. The van der Waals surface area contributed by atoms with Crippen molar-refractivity contribution in [2.75, 3.05) is 13.1 Å².